The van der Waals surface area contributed by atoms with Crippen LogP contribution in [0.3, 0.4) is 0 Å². The molecule has 0 aliphatic carbocycles. The second kappa shape index (κ2) is 24.4. The summed E-state index contributed by atoms with van der Waals surface area (Å²) in [4.78, 5) is 11.1. The Morgan fingerprint density at radius 2 is 0.750 bits per heavy atom. The standard InChI is InChI=1S/C24H48O4/c25-22-20-18-16-14-12-10-8-6-4-2-1-3-5-7-9-11-13-15-17-19-21-24(27)28-23-26/h25-26H,1-23H2. The molecule has 0 aromatic rings. The van der Waals surface area contributed by atoms with Crippen molar-refractivity contribution in [2.45, 2.75) is 135 Å². The van der Waals surface area contributed by atoms with Gasteiger partial charge in [-0.05, 0) is 12.8 Å². The van der Waals surface area contributed by atoms with Crippen molar-refractivity contribution >= 4 is 5.97 Å². The molecule has 0 heterocycles. The van der Waals surface area contributed by atoms with Crippen LogP contribution in [-0.2, 0) is 9.53 Å². The van der Waals surface area contributed by atoms with E-state index in [1.165, 1.54) is 109 Å². The molecule has 0 aromatic carbocycles. The minimum absolute atomic E-state index is 0.284. The van der Waals surface area contributed by atoms with Gasteiger partial charge in [0.2, 0.25) is 0 Å². The van der Waals surface area contributed by atoms with E-state index in [-0.39, 0.29) is 5.97 Å². The normalized spacial score (nSPS) is 11.1. The largest absolute Gasteiger partial charge is 0.439 e. The van der Waals surface area contributed by atoms with Crippen molar-refractivity contribution in [2.24, 2.45) is 0 Å². The van der Waals surface area contributed by atoms with Gasteiger partial charge < -0.3 is 14.9 Å². The fourth-order valence-corrected chi connectivity index (χ4v) is 3.71. The molecule has 0 spiro atoms. The van der Waals surface area contributed by atoms with Crippen LogP contribution in [0.5, 0.6) is 0 Å². The van der Waals surface area contributed by atoms with Crippen LogP contribution >= 0.6 is 0 Å². The zero-order chi connectivity index (χ0) is 20.5. The summed E-state index contributed by atoms with van der Waals surface area (Å²) in [6, 6.07) is 0. The number of hydrogen-bond donors (Lipinski definition) is 2. The van der Waals surface area contributed by atoms with Crippen LogP contribution in [0, 0.1) is 0 Å². The second-order valence-corrected chi connectivity index (χ2v) is 8.19. The lowest BCUT2D eigenvalue weighted by Gasteiger charge is -2.04. The van der Waals surface area contributed by atoms with Crippen LogP contribution in [-0.4, -0.2) is 29.6 Å². The van der Waals surface area contributed by atoms with Crippen molar-refractivity contribution < 1.29 is 19.7 Å². The van der Waals surface area contributed by atoms with Gasteiger partial charge in [0.15, 0.2) is 6.79 Å². The molecule has 0 amide bonds. The van der Waals surface area contributed by atoms with Crippen LogP contribution in [0.15, 0.2) is 0 Å². The topological polar surface area (TPSA) is 66.8 Å². The van der Waals surface area contributed by atoms with Crippen LogP contribution < -0.4 is 0 Å². The molecule has 0 atom stereocenters. The van der Waals surface area contributed by atoms with Crippen LogP contribution in [0.2, 0.25) is 0 Å². The first-order chi connectivity index (χ1) is 13.8. The number of unbranched alkanes of at least 4 members (excludes halogenated alkanes) is 19. The van der Waals surface area contributed by atoms with Crippen molar-refractivity contribution in [3.63, 3.8) is 0 Å². The van der Waals surface area contributed by atoms with E-state index in [4.69, 9.17) is 10.2 Å². The third-order valence-corrected chi connectivity index (χ3v) is 5.51. The van der Waals surface area contributed by atoms with Crippen LogP contribution in [0.1, 0.15) is 135 Å². The van der Waals surface area contributed by atoms with Gasteiger partial charge in [0.1, 0.15) is 0 Å². The first-order valence-electron chi connectivity index (χ1n) is 12.2. The summed E-state index contributed by atoms with van der Waals surface area (Å²) in [5.74, 6) is -0.284. The maximum atomic E-state index is 11.1. The molecule has 0 aliphatic rings. The Hall–Kier alpha value is -0.610. The number of hydrogen-bond acceptors (Lipinski definition) is 4. The molecule has 0 saturated heterocycles. The summed E-state index contributed by atoms with van der Waals surface area (Å²) in [5.41, 5.74) is 0. The zero-order valence-electron chi connectivity index (χ0n) is 18.5. The van der Waals surface area contributed by atoms with E-state index in [0.29, 0.717) is 13.0 Å². The average Bonchev–Trinajstić information content (AvgIpc) is 2.69. The molecule has 0 unspecified atom stereocenters. The lowest BCUT2D eigenvalue weighted by atomic mass is 10.0. The molecule has 0 fully saturated rings. The van der Waals surface area contributed by atoms with E-state index in [1.54, 1.807) is 0 Å². The maximum Gasteiger partial charge on any atom is 0.307 e. The first-order valence-corrected chi connectivity index (χ1v) is 12.2. The van der Waals surface area contributed by atoms with Gasteiger partial charge in [-0.15, -0.1) is 0 Å². The average molecular weight is 401 g/mol. The molecule has 0 aromatic heterocycles. The monoisotopic (exact) mass is 400 g/mol. The molecule has 4 nitrogen and oxygen atoms in total. The quantitative estimate of drug-likeness (QED) is 0.114. The van der Waals surface area contributed by atoms with Crippen molar-refractivity contribution in [3.05, 3.63) is 0 Å². The predicted octanol–water partition coefficient (Wildman–Crippen LogP) is 6.66. The molecule has 0 saturated carbocycles. The summed E-state index contributed by atoms with van der Waals surface area (Å²) in [5, 5.41) is 17.2. The number of carbonyl (C=O) groups is 1. The van der Waals surface area contributed by atoms with E-state index < -0.39 is 6.79 Å². The molecule has 168 valence electrons. The Balaban J connectivity index is 3.02. The number of ether oxygens (including phenoxy) is 1. The van der Waals surface area contributed by atoms with Gasteiger partial charge in [0.25, 0.3) is 0 Å². The number of esters is 1. The third kappa shape index (κ3) is 23.4. The van der Waals surface area contributed by atoms with Crippen molar-refractivity contribution in [2.75, 3.05) is 13.4 Å². The molecule has 0 radical (unpaired) electrons. The highest BCUT2D eigenvalue weighted by Crippen LogP contribution is 2.15. The Morgan fingerprint density at radius 3 is 1.04 bits per heavy atom. The second-order valence-electron chi connectivity index (χ2n) is 8.19. The molecule has 2 N–H and O–H groups in total. The summed E-state index contributed by atoms with van der Waals surface area (Å²) in [6.45, 7) is -0.139. The Bertz CT molecular complexity index is 307. The van der Waals surface area contributed by atoms with Gasteiger partial charge in [-0.25, -0.2) is 0 Å². The van der Waals surface area contributed by atoms with Gasteiger partial charge in [-0.2, -0.15) is 0 Å². The summed E-state index contributed by atoms with van der Waals surface area (Å²) >= 11 is 0. The molecule has 0 aliphatic heterocycles. The SMILES string of the molecule is O=C(CCCCCCCCCCCCCCCCCCCCCCO)OCO. The number of rotatable bonds is 23. The van der Waals surface area contributed by atoms with E-state index in [0.717, 1.165) is 19.3 Å². The minimum atomic E-state index is -0.494. The lowest BCUT2D eigenvalue weighted by Crippen LogP contribution is -2.04. The summed E-state index contributed by atoms with van der Waals surface area (Å²) in [7, 11) is 0. The fraction of sp³-hybridized carbons (Fsp3) is 0.958. The third-order valence-electron chi connectivity index (χ3n) is 5.51. The van der Waals surface area contributed by atoms with Gasteiger partial charge in [0, 0.05) is 13.0 Å². The minimum Gasteiger partial charge on any atom is -0.439 e. The highest BCUT2D eigenvalue weighted by atomic mass is 16.6. The Kier molecular flexibility index (Phi) is 23.9. The van der Waals surface area contributed by atoms with E-state index in [1.807, 2.05) is 0 Å². The number of aliphatic hydroxyl groups is 2. The maximum absolute atomic E-state index is 11.1. The summed E-state index contributed by atoms with van der Waals surface area (Å²) in [6.07, 6.45) is 26.4. The predicted molar refractivity (Wildman–Crippen MR) is 117 cm³/mol. The molecule has 0 rings (SSSR count). The molecular weight excluding hydrogens is 352 g/mol. The molecular formula is C24H48O4. The van der Waals surface area contributed by atoms with Gasteiger partial charge in [-0.1, -0.05) is 116 Å². The Labute approximate surface area is 174 Å². The van der Waals surface area contributed by atoms with Gasteiger partial charge >= 0.3 is 5.97 Å². The smallest absolute Gasteiger partial charge is 0.307 e. The van der Waals surface area contributed by atoms with E-state index in [9.17, 15) is 4.79 Å². The van der Waals surface area contributed by atoms with Crippen LogP contribution in [0.4, 0.5) is 0 Å². The highest BCUT2D eigenvalue weighted by Gasteiger charge is 2.01. The fourth-order valence-electron chi connectivity index (χ4n) is 3.71. The number of aliphatic hydroxyl groups excluding tert-OH is 2. The molecule has 28 heavy (non-hydrogen) atoms. The van der Waals surface area contributed by atoms with Crippen LogP contribution in [0.25, 0.3) is 0 Å². The molecule has 0 bridgehead atoms. The Morgan fingerprint density at radius 1 is 0.464 bits per heavy atom. The highest BCUT2D eigenvalue weighted by molar-refractivity contribution is 5.69. The van der Waals surface area contributed by atoms with E-state index in [2.05, 4.69) is 4.74 Å². The number of carbonyl (C=O) groups excluding carboxylic acids is 1. The van der Waals surface area contributed by atoms with Crippen molar-refractivity contribution in [1.82, 2.24) is 0 Å². The summed E-state index contributed by atoms with van der Waals surface area (Å²) < 4.78 is 4.50. The first kappa shape index (κ1) is 27.4. The zero-order valence-corrected chi connectivity index (χ0v) is 18.5. The lowest BCUT2D eigenvalue weighted by molar-refractivity contribution is -0.151. The van der Waals surface area contributed by atoms with Gasteiger partial charge in [-0.3, -0.25) is 4.79 Å². The van der Waals surface area contributed by atoms with E-state index >= 15 is 0 Å². The molecule has 4 heteroatoms. The van der Waals surface area contributed by atoms with Crippen molar-refractivity contribution in [1.29, 1.82) is 0 Å². The van der Waals surface area contributed by atoms with Gasteiger partial charge in [0.05, 0.1) is 0 Å². The van der Waals surface area contributed by atoms with Crippen molar-refractivity contribution in [3.8, 4) is 0 Å².